The Morgan fingerprint density at radius 3 is 2.04 bits per heavy atom. The summed E-state index contributed by atoms with van der Waals surface area (Å²) in [5.74, 6) is -0.385. The van der Waals surface area contributed by atoms with Crippen molar-refractivity contribution >= 4 is 11.6 Å². The van der Waals surface area contributed by atoms with Gasteiger partial charge in [-0.2, -0.15) is 0 Å². The van der Waals surface area contributed by atoms with Crippen molar-refractivity contribution in [2.45, 2.75) is 6.04 Å². The third-order valence-corrected chi connectivity index (χ3v) is 4.27. The fourth-order valence-electron chi connectivity index (χ4n) is 3.10. The Bertz CT molecular complexity index is 625. The van der Waals surface area contributed by atoms with Crippen LogP contribution in [-0.4, -0.2) is 42.2 Å². The molecule has 0 aliphatic carbocycles. The molecule has 1 saturated heterocycles. The molecule has 1 atom stereocenters. The highest BCUT2D eigenvalue weighted by Crippen LogP contribution is 2.24. The molecule has 0 bridgehead atoms. The van der Waals surface area contributed by atoms with Crippen LogP contribution in [0.25, 0.3) is 0 Å². The maximum Gasteiger partial charge on any atom is 0.265 e. The van der Waals surface area contributed by atoms with Crippen molar-refractivity contribution in [1.82, 2.24) is 10.4 Å². The number of carbonyl (C=O) groups excluding carboxylic acids is 1. The molecule has 1 unspecified atom stereocenters. The Kier molecular flexibility index (Phi) is 4.90. The zero-order valence-corrected chi connectivity index (χ0v) is 12.9. The maximum atomic E-state index is 12.1. The van der Waals surface area contributed by atoms with Gasteiger partial charge in [-0.25, -0.2) is 5.48 Å². The Hall–Kier alpha value is -2.37. The van der Waals surface area contributed by atoms with E-state index in [2.05, 4.69) is 21.9 Å². The second-order valence-corrected chi connectivity index (χ2v) is 5.65. The van der Waals surface area contributed by atoms with Gasteiger partial charge >= 0.3 is 0 Å². The van der Waals surface area contributed by atoms with E-state index in [0.29, 0.717) is 0 Å². The van der Waals surface area contributed by atoms with Crippen LogP contribution >= 0.6 is 0 Å². The lowest BCUT2D eigenvalue weighted by molar-refractivity contribution is -0.135. The average Bonchev–Trinajstić information content (AvgIpc) is 2.64. The molecule has 3 rings (SSSR count). The molecule has 1 aliphatic rings. The van der Waals surface area contributed by atoms with Gasteiger partial charge in [0.15, 0.2) is 0 Å². The van der Waals surface area contributed by atoms with E-state index >= 15 is 0 Å². The van der Waals surface area contributed by atoms with Crippen LogP contribution in [0.15, 0.2) is 60.7 Å². The third-order valence-electron chi connectivity index (χ3n) is 4.27. The van der Waals surface area contributed by atoms with E-state index in [1.807, 2.05) is 54.0 Å². The molecule has 120 valence electrons. The lowest BCUT2D eigenvalue weighted by atomic mass is 10.0. The molecule has 1 amide bonds. The van der Waals surface area contributed by atoms with Crippen molar-refractivity contribution in [1.29, 1.82) is 0 Å². The second-order valence-electron chi connectivity index (χ2n) is 5.65. The molecule has 2 aromatic carbocycles. The Morgan fingerprint density at radius 1 is 0.913 bits per heavy atom. The number of piperazine rings is 1. The fraction of sp³-hybridized carbons (Fsp3) is 0.278. The number of hydrogen-bond donors (Lipinski definition) is 2. The molecule has 0 saturated carbocycles. The van der Waals surface area contributed by atoms with Crippen molar-refractivity contribution in [2.75, 3.05) is 31.1 Å². The molecule has 1 aliphatic heterocycles. The molecule has 0 radical (unpaired) electrons. The second kappa shape index (κ2) is 7.26. The Balaban J connectivity index is 1.72. The van der Waals surface area contributed by atoms with Gasteiger partial charge in [-0.05, 0) is 17.7 Å². The van der Waals surface area contributed by atoms with Crippen LogP contribution in [-0.2, 0) is 4.79 Å². The minimum absolute atomic E-state index is 0.385. The number of anilines is 1. The molecule has 2 aromatic rings. The SMILES string of the molecule is O=C(NO)C(c1ccccc1)N1CCN(c2ccccc2)CC1. The van der Waals surface area contributed by atoms with Gasteiger partial charge in [-0.1, -0.05) is 48.5 Å². The summed E-state index contributed by atoms with van der Waals surface area (Å²) in [5, 5.41) is 9.09. The summed E-state index contributed by atoms with van der Waals surface area (Å²) in [5.41, 5.74) is 3.91. The van der Waals surface area contributed by atoms with Crippen molar-refractivity contribution in [2.24, 2.45) is 0 Å². The molecule has 1 heterocycles. The summed E-state index contributed by atoms with van der Waals surface area (Å²) in [6.45, 7) is 3.24. The van der Waals surface area contributed by atoms with Crippen molar-refractivity contribution in [3.63, 3.8) is 0 Å². The smallest absolute Gasteiger partial charge is 0.265 e. The first-order chi connectivity index (χ1) is 11.3. The van der Waals surface area contributed by atoms with Gasteiger partial charge in [0.1, 0.15) is 6.04 Å². The van der Waals surface area contributed by atoms with Crippen LogP contribution in [0.3, 0.4) is 0 Å². The highest BCUT2D eigenvalue weighted by atomic mass is 16.5. The fourth-order valence-corrected chi connectivity index (χ4v) is 3.10. The monoisotopic (exact) mass is 311 g/mol. The van der Waals surface area contributed by atoms with Gasteiger partial charge in [0, 0.05) is 31.9 Å². The topological polar surface area (TPSA) is 55.8 Å². The summed E-state index contributed by atoms with van der Waals surface area (Å²) in [6, 6.07) is 19.4. The highest BCUT2D eigenvalue weighted by molar-refractivity contribution is 5.82. The first-order valence-electron chi connectivity index (χ1n) is 7.82. The first-order valence-corrected chi connectivity index (χ1v) is 7.82. The molecular weight excluding hydrogens is 290 g/mol. The van der Waals surface area contributed by atoms with Crippen LogP contribution in [0.2, 0.25) is 0 Å². The van der Waals surface area contributed by atoms with Crippen molar-refractivity contribution < 1.29 is 10.0 Å². The predicted octanol–water partition coefficient (Wildman–Crippen LogP) is 2.06. The molecule has 5 heteroatoms. The number of rotatable bonds is 4. The largest absolute Gasteiger partial charge is 0.369 e. The van der Waals surface area contributed by atoms with E-state index in [1.165, 1.54) is 5.69 Å². The molecule has 23 heavy (non-hydrogen) atoms. The van der Waals surface area contributed by atoms with Gasteiger partial charge in [0.2, 0.25) is 0 Å². The van der Waals surface area contributed by atoms with Crippen LogP contribution in [0, 0.1) is 0 Å². The number of para-hydroxylation sites is 1. The molecule has 1 fully saturated rings. The number of hydrogen-bond acceptors (Lipinski definition) is 4. The molecule has 5 nitrogen and oxygen atoms in total. The summed E-state index contributed by atoms with van der Waals surface area (Å²) in [6.07, 6.45) is 0. The van der Waals surface area contributed by atoms with E-state index in [0.717, 1.165) is 31.7 Å². The average molecular weight is 311 g/mol. The maximum absolute atomic E-state index is 12.1. The van der Waals surface area contributed by atoms with Crippen LogP contribution in [0.5, 0.6) is 0 Å². The molecular formula is C18H21N3O2. The summed E-state index contributed by atoms with van der Waals surface area (Å²) in [7, 11) is 0. The molecule has 0 spiro atoms. The third kappa shape index (κ3) is 3.52. The summed E-state index contributed by atoms with van der Waals surface area (Å²) in [4.78, 5) is 16.6. The zero-order chi connectivity index (χ0) is 16.1. The van der Waals surface area contributed by atoms with Crippen LogP contribution in [0.1, 0.15) is 11.6 Å². The van der Waals surface area contributed by atoms with Gasteiger partial charge in [-0.15, -0.1) is 0 Å². The minimum atomic E-state index is -0.459. The van der Waals surface area contributed by atoms with Gasteiger partial charge < -0.3 is 4.90 Å². The van der Waals surface area contributed by atoms with E-state index in [4.69, 9.17) is 5.21 Å². The predicted molar refractivity (Wildman–Crippen MR) is 89.3 cm³/mol. The number of hydroxylamine groups is 1. The highest BCUT2D eigenvalue weighted by Gasteiger charge is 2.30. The number of amides is 1. The van der Waals surface area contributed by atoms with E-state index in [1.54, 1.807) is 0 Å². The van der Waals surface area contributed by atoms with E-state index in [9.17, 15) is 4.79 Å². The minimum Gasteiger partial charge on any atom is -0.369 e. The lowest BCUT2D eigenvalue weighted by Crippen LogP contribution is -2.50. The van der Waals surface area contributed by atoms with Crippen LogP contribution < -0.4 is 10.4 Å². The van der Waals surface area contributed by atoms with Gasteiger partial charge in [0.25, 0.3) is 5.91 Å². The quantitative estimate of drug-likeness (QED) is 0.670. The van der Waals surface area contributed by atoms with Gasteiger partial charge in [0.05, 0.1) is 0 Å². The molecule has 2 N–H and O–H groups in total. The molecule has 0 aromatic heterocycles. The normalized spacial score (nSPS) is 16.8. The number of benzene rings is 2. The number of nitrogens with zero attached hydrogens (tertiary/aromatic N) is 2. The first kappa shape index (κ1) is 15.5. The summed E-state index contributed by atoms with van der Waals surface area (Å²) >= 11 is 0. The zero-order valence-electron chi connectivity index (χ0n) is 12.9. The standard InChI is InChI=1S/C18H21N3O2/c22-18(19-23)17(15-7-3-1-4-8-15)21-13-11-20(12-14-21)16-9-5-2-6-10-16/h1-10,17,23H,11-14H2,(H,19,22). The lowest BCUT2D eigenvalue weighted by Gasteiger charge is -2.39. The Morgan fingerprint density at radius 2 is 1.48 bits per heavy atom. The van der Waals surface area contributed by atoms with Crippen LogP contribution in [0.4, 0.5) is 5.69 Å². The summed E-state index contributed by atoms with van der Waals surface area (Å²) < 4.78 is 0. The van der Waals surface area contributed by atoms with Gasteiger partial charge in [-0.3, -0.25) is 14.9 Å². The van der Waals surface area contributed by atoms with Crippen molar-refractivity contribution in [3.05, 3.63) is 66.2 Å². The van der Waals surface area contributed by atoms with E-state index in [-0.39, 0.29) is 5.91 Å². The van der Waals surface area contributed by atoms with Crippen molar-refractivity contribution in [3.8, 4) is 0 Å². The number of nitrogens with one attached hydrogen (secondary N) is 1. The number of carbonyl (C=O) groups is 1. The van der Waals surface area contributed by atoms with E-state index < -0.39 is 6.04 Å². The Labute approximate surface area is 136 Å².